The second kappa shape index (κ2) is 15.2. The van der Waals surface area contributed by atoms with Gasteiger partial charge in [-0.25, -0.2) is 0 Å². The lowest BCUT2D eigenvalue weighted by Gasteiger charge is -2.33. The van der Waals surface area contributed by atoms with E-state index in [0.717, 1.165) is 0 Å². The van der Waals surface area contributed by atoms with Crippen LogP contribution in [0.1, 0.15) is 87.2 Å². The van der Waals surface area contributed by atoms with Gasteiger partial charge in [-0.05, 0) is 65.8 Å². The number of rotatable bonds is 18. The zero-order chi connectivity index (χ0) is 30.7. The third-order valence-corrected chi connectivity index (χ3v) is 6.36. The molecule has 8 heteroatoms. The van der Waals surface area contributed by atoms with Crippen LogP contribution in [0.4, 0.5) is 0 Å². The van der Waals surface area contributed by atoms with E-state index in [4.69, 9.17) is 28.4 Å². The molecule has 2 aromatic carbocycles. The summed E-state index contributed by atoms with van der Waals surface area (Å²) in [5.74, 6) is 1.36. The lowest BCUT2D eigenvalue weighted by atomic mass is 9.75. The molecule has 0 fully saturated rings. The normalized spacial score (nSPS) is 10.9. The maximum Gasteiger partial charge on any atom is 0.192 e. The molecule has 2 rings (SSSR count). The molecule has 0 atom stereocenters. The lowest BCUT2D eigenvalue weighted by molar-refractivity contribution is 0.103. The first-order chi connectivity index (χ1) is 19.6. The Hall–Kier alpha value is -3.94. The van der Waals surface area contributed by atoms with E-state index in [2.05, 4.69) is 13.2 Å². The Kier molecular flexibility index (Phi) is 12.3. The molecule has 0 aliphatic heterocycles. The Labute approximate surface area is 244 Å². The number of hydrogen-bond acceptors (Lipinski definition) is 8. The van der Waals surface area contributed by atoms with Gasteiger partial charge in [0.2, 0.25) is 0 Å². The van der Waals surface area contributed by atoms with E-state index in [-0.39, 0.29) is 34.2 Å². The summed E-state index contributed by atoms with van der Waals surface area (Å²) < 4.78 is 36.5. The third-order valence-electron chi connectivity index (χ3n) is 6.36. The summed E-state index contributed by atoms with van der Waals surface area (Å²) in [6, 6.07) is 3.60. The predicted octanol–water partition coefficient (Wildman–Crippen LogP) is 7.14. The molecule has 0 N–H and O–H groups in total. The van der Waals surface area contributed by atoms with E-state index in [1.165, 1.54) is 12.2 Å². The van der Waals surface area contributed by atoms with Gasteiger partial charge < -0.3 is 28.4 Å². The minimum absolute atomic E-state index is 0.244. The van der Waals surface area contributed by atoms with Crippen molar-refractivity contribution < 1.29 is 38.0 Å². The van der Waals surface area contributed by atoms with Gasteiger partial charge in [0.15, 0.2) is 34.6 Å². The van der Waals surface area contributed by atoms with E-state index in [1.807, 2.05) is 55.4 Å². The van der Waals surface area contributed by atoms with Gasteiger partial charge in [0, 0.05) is 16.5 Å². The van der Waals surface area contributed by atoms with Crippen molar-refractivity contribution in [2.75, 3.05) is 39.6 Å². The fourth-order valence-corrected chi connectivity index (χ4v) is 4.66. The molecule has 0 aliphatic carbocycles. The summed E-state index contributed by atoms with van der Waals surface area (Å²) in [5.41, 5.74) is 0.985. The van der Waals surface area contributed by atoms with Crippen molar-refractivity contribution in [1.82, 2.24) is 0 Å². The number of allylic oxidation sites excluding steroid dienone is 2. The Morgan fingerprint density at radius 3 is 1.15 bits per heavy atom. The Bertz CT molecular complexity index is 1160. The molecule has 0 amide bonds. The fraction of sp³-hybridized carbons (Fsp3) is 0.455. The Balaban J connectivity index is 3.17. The van der Waals surface area contributed by atoms with Crippen LogP contribution < -0.4 is 28.4 Å². The number of ketones is 2. The van der Waals surface area contributed by atoms with Crippen LogP contribution in [0.5, 0.6) is 34.5 Å². The fourth-order valence-electron chi connectivity index (χ4n) is 4.66. The summed E-state index contributed by atoms with van der Waals surface area (Å²) in [6.45, 7) is 24.3. The highest BCUT2D eigenvalue weighted by Crippen LogP contribution is 2.53. The number of hydrogen-bond donors (Lipinski definition) is 0. The van der Waals surface area contributed by atoms with Crippen LogP contribution in [-0.4, -0.2) is 51.2 Å². The molecule has 41 heavy (non-hydrogen) atoms. The van der Waals surface area contributed by atoms with Gasteiger partial charge in [-0.3, -0.25) is 9.59 Å². The lowest BCUT2D eigenvalue weighted by Crippen LogP contribution is -2.24. The van der Waals surface area contributed by atoms with Gasteiger partial charge in [-0.1, -0.05) is 27.0 Å². The topological polar surface area (TPSA) is 89.5 Å². The second-order valence-corrected chi connectivity index (χ2v) is 9.27. The van der Waals surface area contributed by atoms with Crippen molar-refractivity contribution in [3.8, 4) is 34.5 Å². The molecule has 0 saturated carbocycles. The van der Waals surface area contributed by atoms with Crippen molar-refractivity contribution in [2.24, 2.45) is 0 Å². The average molecular weight is 569 g/mol. The molecule has 0 aromatic heterocycles. The SMILES string of the molecule is C=CC(=O)c1c(OCC)cc(C(C)(C)c2cc(OCC)c(C(=O)C=C)c(OCC)c2OCC)c(OCC)c1OCC. The maximum atomic E-state index is 13.1. The van der Waals surface area contributed by atoms with Crippen LogP contribution in [0.15, 0.2) is 37.4 Å². The highest BCUT2D eigenvalue weighted by atomic mass is 16.5. The summed E-state index contributed by atoms with van der Waals surface area (Å²) >= 11 is 0. The van der Waals surface area contributed by atoms with Crippen molar-refractivity contribution in [3.05, 3.63) is 59.7 Å². The first-order valence-electron chi connectivity index (χ1n) is 14.2. The van der Waals surface area contributed by atoms with Crippen molar-refractivity contribution in [2.45, 2.75) is 60.8 Å². The van der Waals surface area contributed by atoms with Crippen molar-refractivity contribution in [1.29, 1.82) is 0 Å². The molecule has 0 unspecified atom stereocenters. The summed E-state index contributed by atoms with van der Waals surface area (Å²) in [4.78, 5) is 26.1. The van der Waals surface area contributed by atoms with Gasteiger partial charge in [-0.2, -0.15) is 0 Å². The number of benzene rings is 2. The van der Waals surface area contributed by atoms with Crippen LogP contribution in [0.3, 0.4) is 0 Å². The van der Waals surface area contributed by atoms with Crippen LogP contribution in [0.25, 0.3) is 0 Å². The third kappa shape index (κ3) is 6.87. The second-order valence-electron chi connectivity index (χ2n) is 9.27. The quantitative estimate of drug-likeness (QED) is 0.138. The van der Waals surface area contributed by atoms with E-state index < -0.39 is 5.41 Å². The van der Waals surface area contributed by atoms with Crippen LogP contribution in [0.2, 0.25) is 0 Å². The Morgan fingerprint density at radius 2 is 0.878 bits per heavy atom. The van der Waals surface area contributed by atoms with Gasteiger partial charge >= 0.3 is 0 Å². The largest absolute Gasteiger partial charge is 0.493 e. The van der Waals surface area contributed by atoms with Crippen molar-refractivity contribution in [3.63, 3.8) is 0 Å². The first kappa shape index (κ1) is 33.3. The first-order valence-corrected chi connectivity index (χ1v) is 14.2. The van der Waals surface area contributed by atoms with Crippen LogP contribution >= 0.6 is 0 Å². The molecule has 0 aliphatic rings. The minimum atomic E-state index is -0.865. The summed E-state index contributed by atoms with van der Waals surface area (Å²) in [6.07, 6.45) is 2.46. The van der Waals surface area contributed by atoms with E-state index in [0.29, 0.717) is 73.8 Å². The molecule has 0 radical (unpaired) electrons. The molecule has 224 valence electrons. The zero-order valence-electron chi connectivity index (χ0n) is 25.7. The number of ether oxygens (including phenoxy) is 6. The molecule has 0 spiro atoms. The molecule has 2 aromatic rings. The molecular formula is C33H44O8. The minimum Gasteiger partial charge on any atom is -0.493 e. The van der Waals surface area contributed by atoms with Gasteiger partial charge in [-0.15, -0.1) is 0 Å². The van der Waals surface area contributed by atoms with Crippen molar-refractivity contribution >= 4 is 11.6 Å². The number of carbonyl (C=O) groups is 2. The standard InChI is InChI=1S/C33H44O8/c1-11-23(34)27-25(36-13-3)19-21(29(38-15-5)31(27)40-17-7)33(9,10)22-20-26(37-14-4)28(24(35)12-2)32(41-18-8)30(22)39-16-6/h11-12,19-20H,1-2,13-18H2,3-10H3. The molecular weight excluding hydrogens is 524 g/mol. The summed E-state index contributed by atoms with van der Waals surface area (Å²) in [5, 5.41) is 0. The van der Waals surface area contributed by atoms with Crippen LogP contribution in [-0.2, 0) is 5.41 Å². The van der Waals surface area contributed by atoms with E-state index in [9.17, 15) is 9.59 Å². The highest BCUT2D eigenvalue weighted by molar-refractivity contribution is 6.10. The highest BCUT2D eigenvalue weighted by Gasteiger charge is 2.38. The molecule has 0 bridgehead atoms. The Morgan fingerprint density at radius 1 is 0.585 bits per heavy atom. The number of carbonyl (C=O) groups excluding carboxylic acids is 2. The van der Waals surface area contributed by atoms with Crippen LogP contribution in [0, 0.1) is 0 Å². The van der Waals surface area contributed by atoms with Gasteiger partial charge in [0.05, 0.1) is 39.6 Å². The smallest absolute Gasteiger partial charge is 0.192 e. The monoisotopic (exact) mass is 568 g/mol. The van der Waals surface area contributed by atoms with Gasteiger partial charge in [0.25, 0.3) is 0 Å². The van der Waals surface area contributed by atoms with E-state index in [1.54, 1.807) is 12.1 Å². The average Bonchev–Trinajstić information content (AvgIpc) is 2.95. The van der Waals surface area contributed by atoms with Gasteiger partial charge in [0.1, 0.15) is 22.6 Å². The van der Waals surface area contributed by atoms with E-state index >= 15 is 0 Å². The molecule has 0 saturated heterocycles. The summed E-state index contributed by atoms with van der Waals surface area (Å²) in [7, 11) is 0. The zero-order valence-corrected chi connectivity index (χ0v) is 25.7. The molecule has 8 nitrogen and oxygen atoms in total. The molecule has 0 heterocycles. The predicted molar refractivity (Wildman–Crippen MR) is 161 cm³/mol. The maximum absolute atomic E-state index is 13.1.